The Morgan fingerprint density at radius 3 is 2.76 bits per heavy atom. The average molecular weight is 276 g/mol. The van der Waals surface area contributed by atoms with E-state index in [0.717, 1.165) is 6.42 Å². The molecule has 0 bridgehead atoms. The molecule has 0 radical (unpaired) electrons. The summed E-state index contributed by atoms with van der Waals surface area (Å²) in [4.78, 5) is 12.0. The van der Waals surface area contributed by atoms with E-state index in [1.165, 1.54) is 0 Å². The molecule has 0 aromatic heterocycles. The quantitative estimate of drug-likeness (QED) is 0.897. The van der Waals surface area contributed by atoms with Crippen molar-refractivity contribution in [3.63, 3.8) is 0 Å². The second-order valence-corrected chi connectivity index (χ2v) is 4.42. The van der Waals surface area contributed by atoms with Crippen LogP contribution in [0.1, 0.15) is 23.7 Å². The van der Waals surface area contributed by atoms with E-state index in [2.05, 4.69) is 5.32 Å². The van der Waals surface area contributed by atoms with Gasteiger partial charge in [0, 0.05) is 7.11 Å². The summed E-state index contributed by atoms with van der Waals surface area (Å²) in [6.45, 7) is 2.45. The van der Waals surface area contributed by atoms with E-state index < -0.39 is 0 Å². The Labute approximate surface area is 111 Å². The van der Waals surface area contributed by atoms with Gasteiger partial charge in [-0.3, -0.25) is 4.79 Å². The van der Waals surface area contributed by atoms with E-state index in [0.29, 0.717) is 17.2 Å². The van der Waals surface area contributed by atoms with Gasteiger partial charge in [-0.2, -0.15) is 0 Å². The van der Waals surface area contributed by atoms with Crippen molar-refractivity contribution in [3.8, 4) is 0 Å². The fraction of sp³-hybridized carbons (Fsp3) is 0.417. The van der Waals surface area contributed by atoms with E-state index >= 15 is 0 Å². The van der Waals surface area contributed by atoms with Gasteiger partial charge in [-0.15, -0.1) is 0 Å². The molecule has 1 rings (SSSR count). The lowest BCUT2D eigenvalue weighted by Gasteiger charge is -2.16. The summed E-state index contributed by atoms with van der Waals surface area (Å²) in [6.07, 6.45) is 0.789. The molecule has 1 unspecified atom stereocenters. The molecular weight excluding hydrogens is 261 g/mol. The highest BCUT2D eigenvalue weighted by atomic mass is 35.5. The molecule has 0 aliphatic heterocycles. The fourth-order valence-electron chi connectivity index (χ4n) is 1.41. The number of carbonyl (C=O) groups excluding carboxylic acids is 1. The third-order valence-corrected chi connectivity index (χ3v) is 3.21. The number of halogens is 2. The van der Waals surface area contributed by atoms with E-state index in [1.54, 1.807) is 25.3 Å². The van der Waals surface area contributed by atoms with Crippen LogP contribution in [0.3, 0.4) is 0 Å². The molecular formula is C12H15Cl2NO2. The number of nitrogens with one attached hydrogen (secondary N) is 1. The monoisotopic (exact) mass is 275 g/mol. The Kier molecular flexibility index (Phi) is 5.75. The van der Waals surface area contributed by atoms with Crippen LogP contribution in [-0.4, -0.2) is 25.7 Å². The predicted octanol–water partition coefficient (Wildman–Crippen LogP) is 3.15. The van der Waals surface area contributed by atoms with Crippen LogP contribution < -0.4 is 5.32 Å². The van der Waals surface area contributed by atoms with Crippen LogP contribution in [0.15, 0.2) is 18.2 Å². The number of amides is 1. The largest absolute Gasteiger partial charge is 0.383 e. The van der Waals surface area contributed by atoms with Crippen molar-refractivity contribution in [2.24, 2.45) is 0 Å². The van der Waals surface area contributed by atoms with E-state index in [4.69, 9.17) is 27.9 Å². The molecule has 0 spiro atoms. The second kappa shape index (κ2) is 6.84. The van der Waals surface area contributed by atoms with E-state index in [9.17, 15) is 4.79 Å². The summed E-state index contributed by atoms with van der Waals surface area (Å²) < 4.78 is 5.01. The lowest BCUT2D eigenvalue weighted by atomic mass is 10.1. The highest BCUT2D eigenvalue weighted by Gasteiger charge is 2.15. The number of hydrogen-bond acceptors (Lipinski definition) is 2. The van der Waals surface area contributed by atoms with Crippen molar-refractivity contribution in [3.05, 3.63) is 33.8 Å². The summed E-state index contributed by atoms with van der Waals surface area (Å²) in [7, 11) is 1.60. The highest BCUT2D eigenvalue weighted by molar-refractivity contribution is 6.43. The first kappa shape index (κ1) is 14.3. The smallest absolute Gasteiger partial charge is 0.253 e. The van der Waals surface area contributed by atoms with Crippen LogP contribution in [0.25, 0.3) is 0 Å². The van der Waals surface area contributed by atoms with Gasteiger partial charge in [0.2, 0.25) is 0 Å². The first-order chi connectivity index (χ1) is 8.10. The van der Waals surface area contributed by atoms with Gasteiger partial charge in [0.25, 0.3) is 5.91 Å². The first-order valence-electron chi connectivity index (χ1n) is 5.34. The van der Waals surface area contributed by atoms with Gasteiger partial charge < -0.3 is 10.1 Å². The topological polar surface area (TPSA) is 38.3 Å². The molecule has 1 aromatic carbocycles. The Balaban J connectivity index is 2.79. The van der Waals surface area contributed by atoms with Crippen molar-refractivity contribution in [1.82, 2.24) is 5.32 Å². The van der Waals surface area contributed by atoms with Crippen molar-refractivity contribution >= 4 is 29.1 Å². The van der Waals surface area contributed by atoms with Crippen LogP contribution in [-0.2, 0) is 4.74 Å². The summed E-state index contributed by atoms with van der Waals surface area (Å²) in [6, 6.07) is 4.96. The summed E-state index contributed by atoms with van der Waals surface area (Å²) in [5, 5.41) is 3.50. The van der Waals surface area contributed by atoms with Gasteiger partial charge in [0.05, 0.1) is 28.3 Å². The maximum atomic E-state index is 12.0. The SMILES string of the molecule is CCC(COC)NC(=O)c1cccc(Cl)c1Cl. The number of carbonyl (C=O) groups is 1. The van der Waals surface area contributed by atoms with Crippen molar-refractivity contribution in [2.75, 3.05) is 13.7 Å². The first-order valence-corrected chi connectivity index (χ1v) is 6.09. The minimum Gasteiger partial charge on any atom is -0.383 e. The van der Waals surface area contributed by atoms with Gasteiger partial charge in [-0.1, -0.05) is 36.2 Å². The summed E-state index contributed by atoms with van der Waals surface area (Å²) in [5.74, 6) is -0.235. The third kappa shape index (κ3) is 3.87. The zero-order valence-corrected chi connectivity index (χ0v) is 11.3. The van der Waals surface area contributed by atoms with Gasteiger partial charge in [0.15, 0.2) is 0 Å². The Hall–Kier alpha value is -0.770. The number of methoxy groups -OCH3 is 1. The molecule has 3 nitrogen and oxygen atoms in total. The molecule has 0 fully saturated rings. The zero-order chi connectivity index (χ0) is 12.8. The number of benzene rings is 1. The minimum atomic E-state index is -0.235. The molecule has 17 heavy (non-hydrogen) atoms. The predicted molar refractivity (Wildman–Crippen MR) is 69.9 cm³/mol. The molecule has 1 atom stereocenters. The number of ether oxygens (including phenoxy) is 1. The molecule has 0 saturated carbocycles. The molecule has 0 heterocycles. The van der Waals surface area contributed by atoms with Crippen LogP contribution in [0.4, 0.5) is 0 Å². The van der Waals surface area contributed by atoms with Crippen LogP contribution in [0.2, 0.25) is 10.0 Å². The van der Waals surface area contributed by atoms with Gasteiger partial charge in [0.1, 0.15) is 0 Å². The third-order valence-electron chi connectivity index (χ3n) is 2.39. The standard InChI is InChI=1S/C12H15Cl2NO2/c1-3-8(7-17-2)15-12(16)9-5-4-6-10(13)11(9)14/h4-6,8H,3,7H2,1-2H3,(H,15,16). The fourth-order valence-corrected chi connectivity index (χ4v) is 1.79. The lowest BCUT2D eigenvalue weighted by Crippen LogP contribution is -2.37. The number of rotatable bonds is 5. The van der Waals surface area contributed by atoms with Crippen LogP contribution in [0, 0.1) is 0 Å². The van der Waals surface area contributed by atoms with Crippen LogP contribution >= 0.6 is 23.2 Å². The molecule has 0 aliphatic carbocycles. The summed E-state index contributed by atoms with van der Waals surface area (Å²) >= 11 is 11.8. The molecule has 1 N–H and O–H groups in total. The second-order valence-electron chi connectivity index (χ2n) is 3.64. The maximum Gasteiger partial charge on any atom is 0.253 e. The van der Waals surface area contributed by atoms with Crippen molar-refractivity contribution < 1.29 is 9.53 Å². The van der Waals surface area contributed by atoms with Crippen LogP contribution in [0.5, 0.6) is 0 Å². The Morgan fingerprint density at radius 2 is 2.18 bits per heavy atom. The highest BCUT2D eigenvalue weighted by Crippen LogP contribution is 2.25. The maximum absolute atomic E-state index is 12.0. The van der Waals surface area contributed by atoms with Gasteiger partial charge in [-0.05, 0) is 18.6 Å². The minimum absolute atomic E-state index is 0.0254. The van der Waals surface area contributed by atoms with Gasteiger partial charge in [-0.25, -0.2) is 0 Å². The number of hydrogen-bond donors (Lipinski definition) is 1. The summed E-state index contributed by atoms with van der Waals surface area (Å²) in [5.41, 5.74) is 0.383. The van der Waals surface area contributed by atoms with E-state index in [-0.39, 0.29) is 17.0 Å². The van der Waals surface area contributed by atoms with Crippen molar-refractivity contribution in [2.45, 2.75) is 19.4 Å². The molecule has 1 amide bonds. The Morgan fingerprint density at radius 1 is 1.47 bits per heavy atom. The van der Waals surface area contributed by atoms with Crippen molar-refractivity contribution in [1.29, 1.82) is 0 Å². The average Bonchev–Trinajstić information content (AvgIpc) is 2.31. The normalized spacial score (nSPS) is 12.2. The van der Waals surface area contributed by atoms with Gasteiger partial charge >= 0.3 is 0 Å². The van der Waals surface area contributed by atoms with E-state index in [1.807, 2.05) is 6.92 Å². The zero-order valence-electron chi connectivity index (χ0n) is 9.80. The molecule has 0 aliphatic rings. The molecule has 0 saturated heterocycles. The molecule has 1 aromatic rings. The molecule has 94 valence electrons. The Bertz CT molecular complexity index is 396. The molecule has 5 heteroatoms. The lowest BCUT2D eigenvalue weighted by molar-refractivity contribution is 0.0895.